The van der Waals surface area contributed by atoms with Crippen LogP contribution in [0.1, 0.15) is 34.1 Å². The third-order valence-electron chi connectivity index (χ3n) is 3.63. The first-order valence-electron chi connectivity index (χ1n) is 10.7. The van der Waals surface area contributed by atoms with Crippen molar-refractivity contribution in [3.8, 4) is 0 Å². The molecule has 1 saturated heterocycles. The van der Waals surface area contributed by atoms with Crippen molar-refractivity contribution >= 4 is 58.8 Å². The Hall–Kier alpha value is -1.07. The molecule has 0 amide bonds. The Bertz CT molecular complexity index is 769. The van der Waals surface area contributed by atoms with Gasteiger partial charge in [0.2, 0.25) is 0 Å². The number of H-pyrrole nitrogens is 1. The van der Waals surface area contributed by atoms with Crippen LogP contribution in [-0.4, -0.2) is 54.9 Å². The van der Waals surface area contributed by atoms with Gasteiger partial charge in [0.15, 0.2) is 0 Å². The van der Waals surface area contributed by atoms with E-state index in [-0.39, 0.29) is 0 Å². The minimum atomic E-state index is 0.450. The molecule has 3 heterocycles. The average Bonchev–Trinajstić information content (AvgIpc) is 3.22. The highest BCUT2D eigenvalue weighted by Gasteiger charge is 2.17. The van der Waals surface area contributed by atoms with Crippen LogP contribution in [0.2, 0.25) is 10.3 Å². The molecule has 7 nitrogen and oxygen atoms in total. The maximum atomic E-state index is 5.80. The number of ether oxygens (including phenoxy) is 3. The van der Waals surface area contributed by atoms with E-state index in [1.165, 1.54) is 0 Å². The minimum absolute atomic E-state index is 0.450. The molecule has 0 radical (unpaired) electrons. The van der Waals surface area contributed by atoms with Gasteiger partial charge in [0.1, 0.15) is 21.9 Å². The Morgan fingerprint density at radius 3 is 2.06 bits per heavy atom. The fourth-order valence-corrected chi connectivity index (χ4v) is 4.24. The predicted molar refractivity (Wildman–Crippen MR) is 144 cm³/mol. The van der Waals surface area contributed by atoms with Crippen LogP contribution in [0, 0.1) is 4.51 Å². The quantitative estimate of drug-likeness (QED) is 0.291. The van der Waals surface area contributed by atoms with E-state index in [9.17, 15) is 0 Å². The Morgan fingerprint density at radius 2 is 1.67 bits per heavy atom. The first kappa shape index (κ1) is 31.9. The molecule has 1 aliphatic heterocycles. The largest absolute Gasteiger partial charge is 0.385 e. The summed E-state index contributed by atoms with van der Waals surface area (Å²) in [5.74, 6) is 0.964. The van der Waals surface area contributed by atoms with Gasteiger partial charge in [-0.2, -0.15) is 0 Å². The molecule has 3 rings (SSSR count). The second kappa shape index (κ2) is 20.3. The monoisotopic (exact) mass is 538 g/mol. The summed E-state index contributed by atoms with van der Waals surface area (Å²) in [7, 11) is 0. The summed E-state index contributed by atoms with van der Waals surface area (Å²) in [6.45, 7) is 13.0. The third kappa shape index (κ3) is 18.0. The molecular formula is C22H36Cl2N4O3S2. The summed E-state index contributed by atoms with van der Waals surface area (Å²) in [6, 6.07) is 6.95. The highest BCUT2D eigenvalue weighted by molar-refractivity contribution is 8.00. The van der Waals surface area contributed by atoms with E-state index in [0.29, 0.717) is 31.7 Å². The van der Waals surface area contributed by atoms with Crippen LogP contribution in [0.4, 0.5) is 11.6 Å². The van der Waals surface area contributed by atoms with Gasteiger partial charge in [-0.05, 0) is 58.4 Å². The molecule has 0 unspecified atom stereocenters. The summed E-state index contributed by atoms with van der Waals surface area (Å²) >= 11 is 17.9. The van der Waals surface area contributed by atoms with Crippen LogP contribution in [-0.2, 0) is 14.2 Å². The SMILES string of the molecule is CCOCC.CCOCC.Nc1cc(=S)cc(Cl)[nH]1.Nc1cc(S[C@H]2CCOC2)cc(Cl)n1. The summed E-state index contributed by atoms with van der Waals surface area (Å²) in [4.78, 5) is 7.66. The van der Waals surface area contributed by atoms with E-state index >= 15 is 0 Å². The highest BCUT2D eigenvalue weighted by atomic mass is 35.5. The molecule has 11 heteroatoms. The van der Waals surface area contributed by atoms with Crippen molar-refractivity contribution < 1.29 is 14.2 Å². The number of nitrogens with one attached hydrogen (secondary N) is 1. The van der Waals surface area contributed by atoms with Crippen LogP contribution < -0.4 is 11.5 Å². The number of pyridine rings is 2. The molecule has 2 aromatic heterocycles. The van der Waals surface area contributed by atoms with E-state index in [1.807, 2.05) is 39.8 Å². The molecule has 1 fully saturated rings. The van der Waals surface area contributed by atoms with Crippen molar-refractivity contribution in [2.45, 2.75) is 44.3 Å². The van der Waals surface area contributed by atoms with Crippen molar-refractivity contribution in [1.29, 1.82) is 0 Å². The second-order valence-electron chi connectivity index (χ2n) is 6.34. The van der Waals surface area contributed by atoms with Gasteiger partial charge in [-0.1, -0.05) is 35.4 Å². The lowest BCUT2D eigenvalue weighted by Gasteiger charge is -2.07. The number of halogens is 2. The molecule has 33 heavy (non-hydrogen) atoms. The van der Waals surface area contributed by atoms with Crippen LogP contribution in [0.15, 0.2) is 29.2 Å². The highest BCUT2D eigenvalue weighted by Crippen LogP contribution is 2.30. The molecule has 0 spiro atoms. The smallest absolute Gasteiger partial charge is 0.132 e. The molecular weight excluding hydrogens is 503 g/mol. The molecule has 188 valence electrons. The lowest BCUT2D eigenvalue weighted by Crippen LogP contribution is -2.00. The topological polar surface area (TPSA) is 108 Å². The van der Waals surface area contributed by atoms with Gasteiger partial charge in [0, 0.05) is 47.7 Å². The van der Waals surface area contributed by atoms with Crippen molar-refractivity contribution in [3.05, 3.63) is 39.1 Å². The lowest BCUT2D eigenvalue weighted by atomic mass is 10.4. The number of nitrogen functional groups attached to an aromatic ring is 2. The maximum Gasteiger partial charge on any atom is 0.132 e. The number of hydrogen-bond donors (Lipinski definition) is 3. The summed E-state index contributed by atoms with van der Waals surface area (Å²) in [5.41, 5.74) is 10.9. The van der Waals surface area contributed by atoms with E-state index in [0.717, 1.165) is 51.0 Å². The van der Waals surface area contributed by atoms with Crippen LogP contribution in [0.25, 0.3) is 0 Å². The fraction of sp³-hybridized carbons (Fsp3) is 0.545. The zero-order valence-electron chi connectivity index (χ0n) is 19.7. The molecule has 0 bridgehead atoms. The predicted octanol–water partition coefficient (Wildman–Crippen LogP) is 6.26. The Morgan fingerprint density at radius 1 is 1.06 bits per heavy atom. The van der Waals surface area contributed by atoms with Crippen LogP contribution in [0.3, 0.4) is 0 Å². The Labute approximate surface area is 216 Å². The molecule has 0 aliphatic carbocycles. The van der Waals surface area contributed by atoms with Crippen molar-refractivity contribution in [3.63, 3.8) is 0 Å². The first-order chi connectivity index (χ1) is 15.7. The van der Waals surface area contributed by atoms with Gasteiger partial charge in [0.25, 0.3) is 0 Å². The van der Waals surface area contributed by atoms with Gasteiger partial charge in [0.05, 0.1) is 6.61 Å². The number of nitrogens with two attached hydrogens (primary N) is 2. The number of thioether (sulfide) groups is 1. The van der Waals surface area contributed by atoms with E-state index in [2.05, 4.69) is 9.97 Å². The first-order valence-corrected chi connectivity index (χ1v) is 12.8. The maximum absolute atomic E-state index is 5.80. The van der Waals surface area contributed by atoms with Crippen molar-refractivity contribution in [2.24, 2.45) is 0 Å². The van der Waals surface area contributed by atoms with Gasteiger partial charge in [-0.3, -0.25) is 0 Å². The number of hydrogen-bond acceptors (Lipinski definition) is 8. The van der Waals surface area contributed by atoms with Crippen molar-refractivity contribution in [1.82, 2.24) is 9.97 Å². The number of anilines is 2. The number of rotatable bonds is 6. The molecule has 5 N–H and O–H groups in total. The third-order valence-corrected chi connectivity index (χ3v) is 5.47. The fourth-order valence-electron chi connectivity index (χ4n) is 2.30. The Balaban J connectivity index is 0.000000464. The minimum Gasteiger partial charge on any atom is -0.385 e. The zero-order chi connectivity index (χ0) is 25.1. The van der Waals surface area contributed by atoms with E-state index in [4.69, 9.17) is 61.1 Å². The van der Waals surface area contributed by atoms with Crippen molar-refractivity contribution in [2.75, 3.05) is 51.1 Å². The molecule has 0 aromatic carbocycles. The van der Waals surface area contributed by atoms with Crippen LogP contribution >= 0.6 is 47.2 Å². The number of nitrogens with zero attached hydrogens (tertiary/aromatic N) is 1. The standard InChI is InChI=1S/C9H11ClN2OS.C5H5ClN2S.2C4H10O/c10-8-3-7(4-9(11)12-8)14-6-1-2-13-5-6;6-4-1-3(9)2-5(7)8-4;2*1-3-5-4-2/h3-4,6H,1-2,5H2,(H2,11,12);1-2H,(H3,7,8,9);2*3-4H2,1-2H3/t6-;;;/m0.../s1. The normalized spacial score (nSPS) is 14.2. The Kier molecular flexibility index (Phi) is 19.7. The molecule has 2 aromatic rings. The molecule has 0 saturated carbocycles. The van der Waals surface area contributed by atoms with Gasteiger partial charge in [-0.25, -0.2) is 4.98 Å². The van der Waals surface area contributed by atoms with E-state index < -0.39 is 0 Å². The summed E-state index contributed by atoms with van der Waals surface area (Å²) < 4.78 is 15.6. The van der Waals surface area contributed by atoms with Gasteiger partial charge in [-0.15, -0.1) is 11.8 Å². The van der Waals surface area contributed by atoms with Gasteiger partial charge >= 0.3 is 0 Å². The number of aromatic amines is 1. The lowest BCUT2D eigenvalue weighted by molar-refractivity contribution is 0.162. The summed E-state index contributed by atoms with van der Waals surface area (Å²) in [6.07, 6.45) is 1.09. The molecule has 1 atom stereocenters. The number of aromatic nitrogens is 2. The second-order valence-corrected chi connectivity index (χ2v) is 8.98. The van der Waals surface area contributed by atoms with E-state index in [1.54, 1.807) is 23.9 Å². The summed E-state index contributed by atoms with van der Waals surface area (Å²) in [5, 5.41) is 1.44. The van der Waals surface area contributed by atoms with Gasteiger partial charge < -0.3 is 30.7 Å². The molecule has 1 aliphatic rings. The van der Waals surface area contributed by atoms with Crippen LogP contribution in [0.5, 0.6) is 0 Å². The average molecular weight is 540 g/mol. The zero-order valence-corrected chi connectivity index (χ0v) is 22.9.